The van der Waals surface area contributed by atoms with Crippen molar-refractivity contribution in [2.24, 2.45) is 0 Å². The minimum atomic E-state index is -0.194. The van der Waals surface area contributed by atoms with Crippen LogP contribution in [-0.4, -0.2) is 16.7 Å². The normalized spacial score (nSPS) is 12.6. The third-order valence-electron chi connectivity index (χ3n) is 2.45. The molecule has 0 heterocycles. The van der Waals surface area contributed by atoms with Crippen LogP contribution < -0.4 is 5.32 Å². The largest absolute Gasteiger partial charge is 0.351 e. The summed E-state index contributed by atoms with van der Waals surface area (Å²) in [5.41, 5.74) is 1.59. The van der Waals surface area contributed by atoms with E-state index in [1.54, 1.807) is 23.9 Å². The maximum absolute atomic E-state index is 11.9. The highest BCUT2D eigenvalue weighted by Gasteiger charge is 2.19. The van der Waals surface area contributed by atoms with Crippen LogP contribution in [0.15, 0.2) is 24.3 Å². The predicted molar refractivity (Wildman–Crippen MR) is 79.8 cm³/mol. The van der Waals surface area contributed by atoms with E-state index in [4.69, 9.17) is 5.26 Å². The first kappa shape index (κ1) is 15.6. The molecule has 1 aromatic carbocycles. The van der Waals surface area contributed by atoms with Crippen LogP contribution in [0.5, 0.6) is 0 Å². The van der Waals surface area contributed by atoms with E-state index < -0.39 is 0 Å². The van der Waals surface area contributed by atoms with E-state index in [2.05, 4.69) is 11.4 Å². The number of nitrogens with zero attached hydrogens (tertiary/aromatic N) is 1. The predicted octanol–water partition coefficient (Wildman–Crippen LogP) is 3.09. The second-order valence-corrected chi connectivity index (χ2v) is 6.83. The van der Waals surface area contributed by atoms with E-state index in [0.29, 0.717) is 5.56 Å². The molecular weight excluding hydrogens is 256 g/mol. The number of nitriles is 1. The van der Waals surface area contributed by atoms with Crippen molar-refractivity contribution in [3.63, 3.8) is 0 Å². The maximum Gasteiger partial charge on any atom is 0.233 e. The zero-order valence-corrected chi connectivity index (χ0v) is 12.7. The monoisotopic (exact) mass is 276 g/mol. The lowest BCUT2D eigenvalue weighted by atomic mass is 10.1. The van der Waals surface area contributed by atoms with Crippen molar-refractivity contribution in [3.05, 3.63) is 35.4 Å². The van der Waals surface area contributed by atoms with E-state index >= 15 is 0 Å². The summed E-state index contributed by atoms with van der Waals surface area (Å²) < 4.78 is 0. The Bertz CT molecular complexity index is 468. The summed E-state index contributed by atoms with van der Waals surface area (Å²) >= 11 is 1.60. The molecule has 0 spiro atoms. The molecular formula is C15H20N2OS. The van der Waals surface area contributed by atoms with Gasteiger partial charge in [0.05, 0.1) is 16.9 Å². The summed E-state index contributed by atoms with van der Waals surface area (Å²) in [6, 6.07) is 9.56. The second kappa shape index (κ2) is 6.63. The minimum Gasteiger partial charge on any atom is -0.351 e. The van der Waals surface area contributed by atoms with Crippen LogP contribution in [0.4, 0.5) is 0 Å². The highest BCUT2D eigenvalue weighted by Crippen LogP contribution is 2.19. The molecule has 19 heavy (non-hydrogen) atoms. The zero-order valence-electron chi connectivity index (χ0n) is 11.9. The van der Waals surface area contributed by atoms with Gasteiger partial charge in [-0.25, -0.2) is 0 Å². The first-order valence-corrected chi connectivity index (χ1v) is 7.29. The Labute approximate surface area is 119 Å². The molecule has 1 aromatic rings. The van der Waals surface area contributed by atoms with Gasteiger partial charge in [0.25, 0.3) is 0 Å². The fraction of sp³-hybridized carbons (Fsp3) is 0.467. The summed E-state index contributed by atoms with van der Waals surface area (Å²) in [6.45, 7) is 7.84. The van der Waals surface area contributed by atoms with Crippen molar-refractivity contribution in [1.82, 2.24) is 5.32 Å². The Morgan fingerprint density at radius 1 is 1.37 bits per heavy atom. The third-order valence-corrected chi connectivity index (χ3v) is 3.66. The van der Waals surface area contributed by atoms with E-state index in [1.165, 1.54) is 0 Å². The molecule has 4 heteroatoms. The lowest BCUT2D eigenvalue weighted by molar-refractivity contribution is -0.121. The maximum atomic E-state index is 11.9. The highest BCUT2D eigenvalue weighted by molar-refractivity contribution is 7.99. The van der Waals surface area contributed by atoms with Gasteiger partial charge in [0.1, 0.15) is 0 Å². The fourth-order valence-electron chi connectivity index (χ4n) is 1.44. The molecule has 0 unspecified atom stereocenters. The lowest BCUT2D eigenvalue weighted by Gasteiger charge is -2.23. The van der Waals surface area contributed by atoms with E-state index in [9.17, 15) is 4.79 Å². The van der Waals surface area contributed by atoms with Crippen LogP contribution in [0.1, 0.15) is 38.8 Å². The van der Waals surface area contributed by atoms with Crippen LogP contribution in [0.3, 0.4) is 0 Å². The number of hydrogen-bond acceptors (Lipinski definition) is 3. The number of thioether (sulfide) groups is 1. The average Bonchev–Trinajstić information content (AvgIpc) is 2.34. The molecule has 0 saturated heterocycles. The van der Waals surface area contributed by atoms with Crippen molar-refractivity contribution in [1.29, 1.82) is 5.26 Å². The molecule has 0 radical (unpaired) electrons. The summed E-state index contributed by atoms with van der Waals surface area (Å²) in [5, 5.41) is 11.6. The lowest BCUT2D eigenvalue weighted by Crippen LogP contribution is -2.44. The Hall–Kier alpha value is -1.47. The highest BCUT2D eigenvalue weighted by atomic mass is 32.2. The van der Waals surface area contributed by atoms with Crippen LogP contribution in [0, 0.1) is 11.3 Å². The van der Waals surface area contributed by atoms with Crippen molar-refractivity contribution >= 4 is 17.7 Å². The molecule has 1 atom stereocenters. The molecule has 0 bridgehead atoms. The van der Waals surface area contributed by atoms with Gasteiger partial charge in [-0.3, -0.25) is 4.79 Å². The van der Waals surface area contributed by atoms with Gasteiger partial charge in [0, 0.05) is 11.3 Å². The molecule has 3 nitrogen and oxygen atoms in total. The zero-order chi connectivity index (χ0) is 14.5. The van der Waals surface area contributed by atoms with Crippen LogP contribution >= 0.6 is 11.8 Å². The molecule has 0 aromatic heterocycles. The van der Waals surface area contributed by atoms with E-state index in [-0.39, 0.29) is 16.7 Å². The van der Waals surface area contributed by atoms with Crippen molar-refractivity contribution < 1.29 is 4.79 Å². The minimum absolute atomic E-state index is 0.0612. The number of carbonyl (C=O) groups excluding carboxylic acids is 1. The average molecular weight is 276 g/mol. The third kappa shape index (κ3) is 5.80. The molecule has 1 rings (SSSR count). The van der Waals surface area contributed by atoms with Crippen LogP contribution in [0.2, 0.25) is 0 Å². The Kier molecular flexibility index (Phi) is 5.44. The summed E-state index contributed by atoms with van der Waals surface area (Å²) in [5.74, 6) is 0.830. The van der Waals surface area contributed by atoms with Crippen molar-refractivity contribution in [3.8, 4) is 6.07 Å². The fourth-order valence-corrected chi connectivity index (χ4v) is 2.29. The number of benzene rings is 1. The van der Waals surface area contributed by atoms with Crippen LogP contribution in [0.25, 0.3) is 0 Å². The Morgan fingerprint density at radius 2 is 1.95 bits per heavy atom. The van der Waals surface area contributed by atoms with Gasteiger partial charge in [0.2, 0.25) is 5.91 Å². The van der Waals surface area contributed by atoms with E-state index in [1.807, 2.05) is 39.8 Å². The number of rotatable bonds is 4. The molecule has 0 aliphatic carbocycles. The Morgan fingerprint density at radius 3 is 2.42 bits per heavy atom. The standard InChI is InChI=1S/C15H20N2OS/c1-11(14(18)17-15(2,3)4)19-10-13-7-5-12(9-16)6-8-13/h5-8,11H,10H2,1-4H3,(H,17,18)/t11-/m1/s1. The molecule has 0 aliphatic heterocycles. The Balaban J connectivity index is 2.47. The second-order valence-electron chi connectivity index (χ2n) is 5.50. The van der Waals surface area contributed by atoms with Gasteiger partial charge < -0.3 is 5.32 Å². The number of nitrogens with one attached hydrogen (secondary N) is 1. The molecule has 102 valence electrons. The van der Waals surface area contributed by atoms with Gasteiger partial charge in [-0.15, -0.1) is 11.8 Å². The summed E-state index contributed by atoms with van der Waals surface area (Å²) in [7, 11) is 0. The number of amides is 1. The van der Waals surface area contributed by atoms with Crippen molar-refractivity contribution in [2.45, 2.75) is 44.2 Å². The van der Waals surface area contributed by atoms with Gasteiger partial charge in [0.15, 0.2) is 0 Å². The van der Waals surface area contributed by atoms with Gasteiger partial charge in [-0.05, 0) is 45.4 Å². The van der Waals surface area contributed by atoms with Gasteiger partial charge >= 0.3 is 0 Å². The van der Waals surface area contributed by atoms with Crippen LogP contribution in [-0.2, 0) is 10.5 Å². The quantitative estimate of drug-likeness (QED) is 0.919. The molecule has 0 saturated carbocycles. The van der Waals surface area contributed by atoms with Gasteiger partial charge in [-0.2, -0.15) is 5.26 Å². The van der Waals surface area contributed by atoms with Crippen molar-refractivity contribution in [2.75, 3.05) is 0 Å². The van der Waals surface area contributed by atoms with Gasteiger partial charge in [-0.1, -0.05) is 12.1 Å². The summed E-state index contributed by atoms with van der Waals surface area (Å²) in [4.78, 5) is 11.9. The SMILES string of the molecule is C[C@@H](SCc1ccc(C#N)cc1)C(=O)NC(C)(C)C. The number of carbonyl (C=O) groups is 1. The molecule has 1 N–H and O–H groups in total. The smallest absolute Gasteiger partial charge is 0.233 e. The topological polar surface area (TPSA) is 52.9 Å². The van der Waals surface area contributed by atoms with E-state index in [0.717, 1.165) is 11.3 Å². The molecule has 0 fully saturated rings. The first-order chi connectivity index (χ1) is 8.81. The molecule has 0 aliphatic rings. The summed E-state index contributed by atoms with van der Waals surface area (Å²) in [6.07, 6.45) is 0. The molecule has 1 amide bonds. The number of hydrogen-bond donors (Lipinski definition) is 1. The first-order valence-electron chi connectivity index (χ1n) is 6.24.